The third kappa shape index (κ3) is 3.42. The second-order valence-electron chi connectivity index (χ2n) is 6.96. The number of aromatic nitrogens is 2. The molecule has 0 radical (unpaired) electrons. The van der Waals surface area contributed by atoms with Crippen molar-refractivity contribution in [2.45, 2.75) is 45.4 Å². The molecule has 0 aromatic carbocycles. The van der Waals surface area contributed by atoms with E-state index in [1.807, 2.05) is 16.8 Å². The number of nitrogens with zero attached hydrogens (tertiary/aromatic N) is 3. The lowest BCUT2D eigenvalue weighted by Gasteiger charge is -2.36. The summed E-state index contributed by atoms with van der Waals surface area (Å²) in [5, 5.41) is 10.2. The van der Waals surface area contributed by atoms with Crippen LogP contribution in [0.15, 0.2) is 22.8 Å². The fraction of sp³-hybridized carbons (Fsp3) is 0.500. The highest BCUT2D eigenvalue weighted by molar-refractivity contribution is 9.10. The Hall–Kier alpha value is -1.16. The van der Waals surface area contributed by atoms with Crippen molar-refractivity contribution in [3.05, 3.63) is 28.5 Å². The monoisotopic (exact) mass is 379 g/mol. The number of halogens is 1. The Kier molecular flexibility index (Phi) is 4.80. The van der Waals surface area contributed by atoms with Gasteiger partial charge in [-0.05, 0) is 46.2 Å². The van der Waals surface area contributed by atoms with E-state index in [9.17, 15) is 0 Å². The summed E-state index contributed by atoms with van der Waals surface area (Å²) in [6, 6.07) is 5.76. The van der Waals surface area contributed by atoms with Crippen LogP contribution in [0.25, 0.3) is 11.0 Å². The van der Waals surface area contributed by atoms with Crippen LogP contribution in [0.1, 0.15) is 26.5 Å². The van der Waals surface area contributed by atoms with E-state index in [1.54, 1.807) is 6.07 Å². The van der Waals surface area contributed by atoms with E-state index in [2.05, 4.69) is 60.8 Å². The molecule has 0 bridgehead atoms. The normalized spacial score (nSPS) is 12.6. The van der Waals surface area contributed by atoms with E-state index in [1.165, 1.54) is 0 Å². The summed E-state index contributed by atoms with van der Waals surface area (Å²) in [7, 11) is -1.74. The smallest absolute Gasteiger partial charge is 0.192 e. The van der Waals surface area contributed by atoms with Gasteiger partial charge in [0.25, 0.3) is 0 Å². The van der Waals surface area contributed by atoms with Crippen molar-refractivity contribution < 1.29 is 4.43 Å². The highest BCUT2D eigenvalue weighted by atomic mass is 79.9. The molecule has 2 aromatic rings. The number of pyridine rings is 1. The minimum Gasteiger partial charge on any atom is -0.415 e. The van der Waals surface area contributed by atoms with Gasteiger partial charge in [-0.2, -0.15) is 5.26 Å². The van der Waals surface area contributed by atoms with Gasteiger partial charge in [0.2, 0.25) is 0 Å². The maximum Gasteiger partial charge on any atom is 0.192 e. The lowest BCUT2D eigenvalue weighted by Crippen LogP contribution is -2.41. The molecule has 0 aliphatic heterocycles. The van der Waals surface area contributed by atoms with Gasteiger partial charge in [-0.25, -0.2) is 4.98 Å². The molecule has 2 aromatic heterocycles. The van der Waals surface area contributed by atoms with Crippen LogP contribution in [0.3, 0.4) is 0 Å². The highest BCUT2D eigenvalue weighted by Crippen LogP contribution is 2.36. The predicted octanol–water partition coefficient (Wildman–Crippen LogP) is 4.69. The van der Waals surface area contributed by atoms with Gasteiger partial charge in [-0.3, -0.25) is 0 Å². The summed E-state index contributed by atoms with van der Waals surface area (Å²) in [5.41, 5.74) is 1.26. The van der Waals surface area contributed by atoms with Crippen molar-refractivity contribution in [1.82, 2.24) is 9.55 Å². The van der Waals surface area contributed by atoms with E-state index in [-0.39, 0.29) is 5.04 Å². The van der Waals surface area contributed by atoms with E-state index < -0.39 is 8.32 Å². The van der Waals surface area contributed by atoms with Crippen LogP contribution < -0.4 is 0 Å². The third-order valence-electron chi connectivity index (χ3n) is 4.39. The molecular weight excluding hydrogens is 358 g/mol. The van der Waals surface area contributed by atoms with Gasteiger partial charge in [0.05, 0.1) is 6.61 Å². The first-order valence-electron chi connectivity index (χ1n) is 7.35. The van der Waals surface area contributed by atoms with Crippen LogP contribution >= 0.6 is 15.9 Å². The molecule has 2 heterocycles. The molecule has 6 heteroatoms. The summed E-state index contributed by atoms with van der Waals surface area (Å²) in [5.74, 6) is 0. The summed E-state index contributed by atoms with van der Waals surface area (Å²) in [4.78, 5) is 4.41. The van der Waals surface area contributed by atoms with Crippen LogP contribution in [-0.2, 0) is 11.0 Å². The predicted molar refractivity (Wildman–Crippen MR) is 95.3 cm³/mol. The minimum atomic E-state index is -1.74. The zero-order valence-electron chi connectivity index (χ0n) is 13.8. The van der Waals surface area contributed by atoms with E-state index in [0.717, 1.165) is 22.1 Å². The average molecular weight is 380 g/mol. The summed E-state index contributed by atoms with van der Waals surface area (Å²) < 4.78 is 9.26. The Balaban J connectivity index is 2.17. The molecule has 0 amide bonds. The summed E-state index contributed by atoms with van der Waals surface area (Å²) in [6.07, 6.45) is 2.01. The molecule has 0 saturated heterocycles. The fourth-order valence-corrected chi connectivity index (χ4v) is 3.56. The molecular formula is C16H22BrN3OSi. The first-order valence-corrected chi connectivity index (χ1v) is 11.1. The first-order chi connectivity index (χ1) is 10.2. The number of rotatable bonds is 4. The van der Waals surface area contributed by atoms with E-state index in [4.69, 9.17) is 9.69 Å². The molecule has 0 unspecified atom stereocenters. The Morgan fingerprint density at radius 3 is 2.64 bits per heavy atom. The topological polar surface area (TPSA) is 50.8 Å². The van der Waals surface area contributed by atoms with E-state index >= 15 is 0 Å². The molecule has 0 aliphatic rings. The van der Waals surface area contributed by atoms with Crippen molar-refractivity contribution in [2.75, 3.05) is 6.61 Å². The minimum absolute atomic E-state index is 0.207. The SMILES string of the molecule is CC(C)(C)[Si](C)(C)OCCn1cc(Br)c2ccc(C#N)nc21. The van der Waals surface area contributed by atoms with Crippen LogP contribution in [0.4, 0.5) is 0 Å². The quantitative estimate of drug-likeness (QED) is 0.723. The van der Waals surface area contributed by atoms with Crippen LogP contribution in [0.2, 0.25) is 18.1 Å². The summed E-state index contributed by atoms with van der Waals surface area (Å²) in [6.45, 7) is 12.6. The molecule has 2 rings (SSSR count). The molecule has 0 fully saturated rings. The second kappa shape index (κ2) is 6.15. The maximum absolute atomic E-state index is 9.01. The molecule has 0 saturated carbocycles. The number of hydrogen-bond donors (Lipinski definition) is 0. The molecule has 0 atom stereocenters. The van der Waals surface area contributed by atoms with Gasteiger partial charge in [0.1, 0.15) is 17.4 Å². The fourth-order valence-electron chi connectivity index (χ4n) is 1.97. The number of hydrogen-bond acceptors (Lipinski definition) is 3. The van der Waals surface area contributed by atoms with Crippen molar-refractivity contribution in [2.24, 2.45) is 0 Å². The molecule has 0 spiro atoms. The zero-order chi connectivity index (χ0) is 16.5. The third-order valence-corrected chi connectivity index (χ3v) is 9.56. The Morgan fingerprint density at radius 2 is 2.05 bits per heavy atom. The van der Waals surface area contributed by atoms with Crippen LogP contribution in [0.5, 0.6) is 0 Å². The Bertz CT molecular complexity index is 725. The van der Waals surface area contributed by atoms with Gasteiger partial charge in [-0.1, -0.05) is 20.8 Å². The highest BCUT2D eigenvalue weighted by Gasteiger charge is 2.36. The summed E-state index contributed by atoms with van der Waals surface area (Å²) >= 11 is 3.55. The number of nitriles is 1. The van der Waals surface area contributed by atoms with Crippen molar-refractivity contribution in [3.8, 4) is 6.07 Å². The van der Waals surface area contributed by atoms with Gasteiger partial charge in [-0.15, -0.1) is 0 Å². The van der Waals surface area contributed by atoms with Gasteiger partial charge in [0.15, 0.2) is 8.32 Å². The molecule has 22 heavy (non-hydrogen) atoms. The van der Waals surface area contributed by atoms with Crippen molar-refractivity contribution in [3.63, 3.8) is 0 Å². The van der Waals surface area contributed by atoms with Gasteiger partial charge < -0.3 is 8.99 Å². The zero-order valence-corrected chi connectivity index (χ0v) is 16.4. The Morgan fingerprint density at radius 1 is 1.36 bits per heavy atom. The van der Waals surface area contributed by atoms with E-state index in [0.29, 0.717) is 12.3 Å². The molecule has 0 aliphatic carbocycles. The number of fused-ring (bicyclic) bond motifs is 1. The van der Waals surface area contributed by atoms with Crippen LogP contribution in [-0.4, -0.2) is 24.5 Å². The van der Waals surface area contributed by atoms with Gasteiger partial charge in [0, 0.05) is 22.6 Å². The standard InChI is InChI=1S/C16H22BrN3OSi/c1-16(2,3)22(4,5)21-9-8-20-11-14(17)13-7-6-12(10-18)19-15(13)20/h6-7,11H,8-9H2,1-5H3. The van der Waals surface area contributed by atoms with Gasteiger partial charge >= 0.3 is 0 Å². The molecule has 0 N–H and O–H groups in total. The Labute approximate surface area is 141 Å². The van der Waals surface area contributed by atoms with Crippen molar-refractivity contribution >= 4 is 35.3 Å². The van der Waals surface area contributed by atoms with Crippen LogP contribution in [0, 0.1) is 11.3 Å². The average Bonchev–Trinajstić information content (AvgIpc) is 2.73. The molecule has 4 nitrogen and oxygen atoms in total. The lowest BCUT2D eigenvalue weighted by molar-refractivity contribution is 0.273. The lowest BCUT2D eigenvalue weighted by atomic mass is 10.2. The largest absolute Gasteiger partial charge is 0.415 e. The first kappa shape index (κ1) is 17.2. The van der Waals surface area contributed by atoms with Crippen molar-refractivity contribution in [1.29, 1.82) is 5.26 Å². The second-order valence-corrected chi connectivity index (χ2v) is 12.6. The molecule has 118 valence electrons. The maximum atomic E-state index is 9.01.